The fraction of sp³-hybridized carbons (Fsp3) is 0.167. The van der Waals surface area contributed by atoms with Crippen molar-refractivity contribution < 1.29 is 4.52 Å². The highest BCUT2D eigenvalue weighted by atomic mass is 35.5. The molecule has 18 heavy (non-hydrogen) atoms. The van der Waals surface area contributed by atoms with Gasteiger partial charge in [0.15, 0.2) is 0 Å². The molecule has 0 saturated heterocycles. The number of imidazole rings is 1. The maximum atomic E-state index is 6.13. The first-order valence-corrected chi connectivity index (χ1v) is 6.29. The van der Waals surface area contributed by atoms with E-state index < -0.39 is 0 Å². The highest BCUT2D eigenvalue weighted by Gasteiger charge is 2.13. The van der Waals surface area contributed by atoms with Crippen LogP contribution in [0.2, 0.25) is 5.02 Å². The van der Waals surface area contributed by atoms with Crippen LogP contribution in [0.15, 0.2) is 35.1 Å². The maximum absolute atomic E-state index is 6.13. The Morgan fingerprint density at radius 1 is 1.28 bits per heavy atom. The van der Waals surface area contributed by atoms with Crippen molar-refractivity contribution in [1.29, 1.82) is 0 Å². The minimum Gasteiger partial charge on any atom is -0.364 e. The lowest BCUT2D eigenvalue weighted by Gasteiger charge is -2.04. The number of para-hydroxylation sites is 1. The highest BCUT2D eigenvalue weighted by Crippen LogP contribution is 2.25. The molecular formula is C12H9Cl2N3O. The normalized spacial score (nSPS) is 11.2. The lowest BCUT2D eigenvalue weighted by atomic mass is 10.3. The zero-order chi connectivity index (χ0) is 12.5. The average Bonchev–Trinajstić information content (AvgIpc) is 2.99. The van der Waals surface area contributed by atoms with Crippen LogP contribution < -0.4 is 0 Å². The first-order valence-electron chi connectivity index (χ1n) is 5.38. The first-order chi connectivity index (χ1) is 8.79. The summed E-state index contributed by atoms with van der Waals surface area (Å²) in [7, 11) is 0. The summed E-state index contributed by atoms with van der Waals surface area (Å²) < 4.78 is 6.82. The topological polar surface area (TPSA) is 43.9 Å². The number of alkyl halides is 1. The van der Waals surface area contributed by atoms with E-state index in [0.717, 1.165) is 22.6 Å². The van der Waals surface area contributed by atoms with Crippen LogP contribution in [0, 0.1) is 0 Å². The molecule has 6 heteroatoms. The standard InChI is InChI=1S/C12H9Cl2N3O/c13-6-11-15-12-9(14)2-1-3-10(12)17(11)7-8-4-5-18-16-8/h1-5H,6-7H2. The number of nitrogens with zero attached hydrogens (tertiary/aromatic N) is 3. The molecule has 0 radical (unpaired) electrons. The quantitative estimate of drug-likeness (QED) is 0.691. The second kappa shape index (κ2) is 4.63. The van der Waals surface area contributed by atoms with Gasteiger partial charge in [-0.2, -0.15) is 0 Å². The summed E-state index contributed by atoms with van der Waals surface area (Å²) in [6.07, 6.45) is 1.54. The predicted octanol–water partition coefficient (Wildman–Crippen LogP) is 3.46. The van der Waals surface area contributed by atoms with Crippen molar-refractivity contribution in [3.8, 4) is 0 Å². The maximum Gasteiger partial charge on any atom is 0.125 e. The summed E-state index contributed by atoms with van der Waals surface area (Å²) in [5.41, 5.74) is 2.53. The van der Waals surface area contributed by atoms with Crippen molar-refractivity contribution in [3.63, 3.8) is 0 Å². The molecule has 0 bridgehead atoms. The van der Waals surface area contributed by atoms with E-state index in [4.69, 9.17) is 27.7 Å². The molecular weight excluding hydrogens is 273 g/mol. The number of aromatic nitrogens is 3. The summed E-state index contributed by atoms with van der Waals surface area (Å²) >= 11 is 12.1. The van der Waals surface area contributed by atoms with Gasteiger partial charge in [-0.1, -0.05) is 22.8 Å². The van der Waals surface area contributed by atoms with Gasteiger partial charge in [0.2, 0.25) is 0 Å². The Morgan fingerprint density at radius 3 is 2.89 bits per heavy atom. The summed E-state index contributed by atoms with van der Waals surface area (Å²) in [5, 5.41) is 4.52. The molecule has 0 spiro atoms. The Hall–Kier alpha value is -1.52. The van der Waals surface area contributed by atoms with Gasteiger partial charge in [-0.25, -0.2) is 4.98 Å². The van der Waals surface area contributed by atoms with Gasteiger partial charge in [-0.15, -0.1) is 11.6 Å². The van der Waals surface area contributed by atoms with Gasteiger partial charge in [-0.3, -0.25) is 0 Å². The minimum atomic E-state index is 0.322. The number of benzene rings is 1. The van der Waals surface area contributed by atoms with E-state index in [1.807, 2.05) is 28.8 Å². The van der Waals surface area contributed by atoms with Crippen LogP contribution in [0.5, 0.6) is 0 Å². The molecule has 92 valence electrons. The van der Waals surface area contributed by atoms with Gasteiger partial charge in [0.25, 0.3) is 0 Å². The third-order valence-electron chi connectivity index (χ3n) is 2.74. The van der Waals surface area contributed by atoms with Crippen molar-refractivity contribution in [3.05, 3.63) is 47.1 Å². The van der Waals surface area contributed by atoms with Gasteiger partial charge in [0, 0.05) is 6.07 Å². The Balaban J connectivity index is 2.17. The van der Waals surface area contributed by atoms with Crippen molar-refractivity contribution >= 4 is 34.2 Å². The third kappa shape index (κ3) is 1.87. The summed E-state index contributed by atoms with van der Waals surface area (Å²) in [5.74, 6) is 1.09. The Labute approximate surface area is 113 Å². The van der Waals surface area contributed by atoms with Crippen LogP contribution in [0.1, 0.15) is 11.5 Å². The van der Waals surface area contributed by atoms with Crippen molar-refractivity contribution in [2.75, 3.05) is 0 Å². The zero-order valence-electron chi connectivity index (χ0n) is 9.31. The lowest BCUT2D eigenvalue weighted by molar-refractivity contribution is 0.409. The smallest absolute Gasteiger partial charge is 0.125 e. The monoisotopic (exact) mass is 281 g/mol. The van der Waals surface area contributed by atoms with Gasteiger partial charge in [-0.05, 0) is 12.1 Å². The van der Waals surface area contributed by atoms with Crippen LogP contribution in [-0.4, -0.2) is 14.7 Å². The van der Waals surface area contributed by atoms with Crippen LogP contribution >= 0.6 is 23.2 Å². The summed E-state index contributed by atoms with van der Waals surface area (Å²) in [4.78, 5) is 4.45. The molecule has 0 aliphatic heterocycles. The number of rotatable bonds is 3. The van der Waals surface area contributed by atoms with Crippen LogP contribution in [-0.2, 0) is 12.4 Å². The van der Waals surface area contributed by atoms with E-state index in [1.54, 1.807) is 6.26 Å². The second-order valence-electron chi connectivity index (χ2n) is 3.85. The molecule has 2 heterocycles. The SMILES string of the molecule is ClCc1nc2c(Cl)cccc2n1Cc1ccon1. The molecule has 0 aliphatic rings. The molecule has 0 fully saturated rings. The lowest BCUT2D eigenvalue weighted by Crippen LogP contribution is -2.03. The molecule has 3 aromatic rings. The Morgan fingerprint density at radius 2 is 2.17 bits per heavy atom. The van der Waals surface area contributed by atoms with E-state index in [9.17, 15) is 0 Å². The Kier molecular flexibility index (Phi) is 2.97. The van der Waals surface area contributed by atoms with E-state index in [-0.39, 0.29) is 0 Å². The highest BCUT2D eigenvalue weighted by molar-refractivity contribution is 6.35. The third-order valence-corrected chi connectivity index (χ3v) is 3.28. The molecule has 4 nitrogen and oxygen atoms in total. The van der Waals surface area contributed by atoms with Crippen molar-refractivity contribution in [2.45, 2.75) is 12.4 Å². The number of hydrogen-bond donors (Lipinski definition) is 0. The van der Waals surface area contributed by atoms with Crippen molar-refractivity contribution in [1.82, 2.24) is 14.7 Å². The Bertz CT molecular complexity index is 676. The van der Waals surface area contributed by atoms with Gasteiger partial charge >= 0.3 is 0 Å². The molecule has 0 atom stereocenters. The fourth-order valence-corrected chi connectivity index (χ4v) is 2.34. The first kappa shape index (κ1) is 11.6. The minimum absolute atomic E-state index is 0.322. The van der Waals surface area contributed by atoms with Crippen molar-refractivity contribution in [2.24, 2.45) is 0 Å². The molecule has 0 saturated carbocycles. The van der Waals surface area contributed by atoms with E-state index >= 15 is 0 Å². The summed E-state index contributed by atoms with van der Waals surface area (Å²) in [6, 6.07) is 7.48. The number of halogens is 2. The molecule has 0 aliphatic carbocycles. The fourth-order valence-electron chi connectivity index (χ4n) is 1.92. The summed E-state index contributed by atoms with van der Waals surface area (Å²) in [6.45, 7) is 0.565. The van der Waals surface area contributed by atoms with Gasteiger partial charge < -0.3 is 9.09 Å². The van der Waals surface area contributed by atoms with Crippen LogP contribution in [0.3, 0.4) is 0 Å². The van der Waals surface area contributed by atoms with E-state index in [0.29, 0.717) is 17.4 Å². The number of hydrogen-bond acceptors (Lipinski definition) is 3. The van der Waals surface area contributed by atoms with Crippen LogP contribution in [0.4, 0.5) is 0 Å². The van der Waals surface area contributed by atoms with E-state index in [1.165, 1.54) is 0 Å². The largest absolute Gasteiger partial charge is 0.364 e. The molecule has 0 unspecified atom stereocenters. The van der Waals surface area contributed by atoms with Gasteiger partial charge in [0.05, 0.1) is 23.0 Å². The molecule has 3 rings (SSSR count). The number of fused-ring (bicyclic) bond motifs is 1. The van der Waals surface area contributed by atoms with E-state index in [2.05, 4.69) is 10.1 Å². The molecule has 2 aromatic heterocycles. The second-order valence-corrected chi connectivity index (χ2v) is 4.52. The van der Waals surface area contributed by atoms with Crippen LogP contribution in [0.25, 0.3) is 11.0 Å². The zero-order valence-corrected chi connectivity index (χ0v) is 10.8. The predicted molar refractivity (Wildman–Crippen MR) is 69.9 cm³/mol. The molecule has 0 amide bonds. The average molecular weight is 282 g/mol. The molecule has 1 aromatic carbocycles. The van der Waals surface area contributed by atoms with Gasteiger partial charge in [0.1, 0.15) is 23.3 Å². The molecule has 0 N–H and O–H groups in total.